The summed E-state index contributed by atoms with van der Waals surface area (Å²) in [7, 11) is -3.81. The largest absolute Gasteiger partial charge is 0.356 e. The number of hydrogen-bond donors (Lipinski definition) is 1. The highest BCUT2D eigenvalue weighted by molar-refractivity contribution is 7.91. The van der Waals surface area contributed by atoms with Gasteiger partial charge in [0.05, 0.1) is 20.5 Å². The summed E-state index contributed by atoms with van der Waals surface area (Å²) in [4.78, 5) is 36.6. The summed E-state index contributed by atoms with van der Waals surface area (Å²) in [5, 5.41) is 5.35. The van der Waals surface area contributed by atoms with Gasteiger partial charge >= 0.3 is 6.03 Å². The van der Waals surface area contributed by atoms with E-state index in [1.807, 2.05) is 0 Å². The summed E-state index contributed by atoms with van der Waals surface area (Å²) in [5.74, 6) is 2.72. The molecule has 5 heterocycles. The van der Waals surface area contributed by atoms with Gasteiger partial charge in [-0.1, -0.05) is 35.9 Å². The van der Waals surface area contributed by atoms with E-state index in [0.717, 1.165) is 43.8 Å². The van der Waals surface area contributed by atoms with Gasteiger partial charge in [0.25, 0.3) is 0 Å². The maximum atomic E-state index is 13.3. The molecule has 0 atom stereocenters. The number of anilines is 4. The molecule has 0 saturated carbocycles. The molecule has 0 bridgehead atoms. The van der Waals surface area contributed by atoms with Crippen molar-refractivity contribution in [2.24, 2.45) is 0 Å². The Morgan fingerprint density at radius 3 is 2.11 bits per heavy atom. The zero-order chi connectivity index (χ0) is 31.7. The van der Waals surface area contributed by atoms with Crippen LogP contribution in [-0.4, -0.2) is 86.7 Å². The second kappa shape index (κ2) is 13.0. The minimum absolute atomic E-state index is 0.0546. The fraction of sp³-hybridized carbons (Fsp3) is 0.375. The van der Waals surface area contributed by atoms with Crippen LogP contribution in [0.5, 0.6) is 0 Å². The van der Waals surface area contributed by atoms with Crippen LogP contribution in [0.25, 0.3) is 11.3 Å². The van der Waals surface area contributed by atoms with Crippen molar-refractivity contribution < 1.29 is 13.2 Å². The average molecular weight is 679 g/mol. The number of urea groups is 1. The Kier molecular flexibility index (Phi) is 8.71. The quantitative estimate of drug-likeness (QED) is 0.265. The molecule has 0 spiro atoms. The number of carbonyl (C=O) groups excluding carboxylic acids is 1. The van der Waals surface area contributed by atoms with Gasteiger partial charge in [0, 0.05) is 69.4 Å². The lowest BCUT2D eigenvalue weighted by molar-refractivity contribution is 0.208. The maximum absolute atomic E-state index is 13.3. The third-order valence-corrected chi connectivity index (χ3v) is 11.7. The first-order valence-corrected chi connectivity index (χ1v) is 18.3. The second-order valence-electron chi connectivity index (χ2n) is 11.7. The van der Waals surface area contributed by atoms with Gasteiger partial charge in [0.15, 0.2) is 5.13 Å². The van der Waals surface area contributed by atoms with Crippen LogP contribution in [0.4, 0.5) is 27.5 Å². The van der Waals surface area contributed by atoms with Crippen molar-refractivity contribution in [1.82, 2.24) is 19.9 Å². The molecule has 3 fully saturated rings. The van der Waals surface area contributed by atoms with Crippen LogP contribution in [0.15, 0.2) is 69.8 Å². The molecule has 240 valence electrons. The number of piperazine rings is 1. The SMILES string of the molecule is O=C(Nc1nc(-c2cccc(S(=O)(=O)c3ccccc3Cl)c2)cs1)N1CCN(c2cc(N3CCCC3)nc(N3CCCC3)n2)CC1. The van der Waals surface area contributed by atoms with Crippen molar-refractivity contribution in [3.8, 4) is 11.3 Å². The molecule has 11 nitrogen and oxygen atoms in total. The highest BCUT2D eigenvalue weighted by atomic mass is 35.5. The number of rotatable bonds is 7. The van der Waals surface area contributed by atoms with E-state index in [1.165, 1.54) is 43.1 Å². The summed E-state index contributed by atoms with van der Waals surface area (Å²) in [5.41, 5.74) is 1.21. The van der Waals surface area contributed by atoms with Crippen LogP contribution in [0, 0.1) is 0 Å². The predicted octanol–water partition coefficient (Wildman–Crippen LogP) is 5.64. The normalized spacial score (nSPS) is 17.2. The molecule has 3 aliphatic heterocycles. The standard InChI is InChI=1S/C32H35ClN8O3S2/c33-25-10-1-2-11-27(25)46(43,44)24-9-7-8-23(20-24)26-22-45-31(34-26)37-32(42)41-18-16-39(17-19-41)29-21-28(38-12-3-4-13-38)35-30(36-29)40-14-5-6-15-40/h1-2,7-11,20-22H,3-6,12-19H2,(H,34,37,42). The van der Waals surface area contributed by atoms with Crippen molar-refractivity contribution in [2.75, 3.05) is 72.4 Å². The minimum atomic E-state index is -3.81. The molecular weight excluding hydrogens is 644 g/mol. The molecule has 2 amide bonds. The van der Waals surface area contributed by atoms with Gasteiger partial charge in [-0.15, -0.1) is 11.3 Å². The maximum Gasteiger partial charge on any atom is 0.323 e. The summed E-state index contributed by atoms with van der Waals surface area (Å²) < 4.78 is 26.5. The third kappa shape index (κ3) is 6.36. The number of amides is 2. The van der Waals surface area contributed by atoms with E-state index in [4.69, 9.17) is 21.6 Å². The van der Waals surface area contributed by atoms with Gasteiger partial charge < -0.3 is 19.6 Å². The van der Waals surface area contributed by atoms with Crippen molar-refractivity contribution in [3.05, 3.63) is 65.0 Å². The van der Waals surface area contributed by atoms with E-state index in [9.17, 15) is 13.2 Å². The topological polar surface area (TPSA) is 115 Å². The van der Waals surface area contributed by atoms with Gasteiger partial charge in [-0.05, 0) is 49.9 Å². The number of halogens is 1. The highest BCUT2D eigenvalue weighted by Gasteiger charge is 2.27. The van der Waals surface area contributed by atoms with Crippen LogP contribution in [0.3, 0.4) is 0 Å². The zero-order valence-corrected chi connectivity index (χ0v) is 27.7. The molecule has 46 heavy (non-hydrogen) atoms. The molecule has 3 saturated heterocycles. The predicted molar refractivity (Wildman–Crippen MR) is 182 cm³/mol. The minimum Gasteiger partial charge on any atom is -0.356 e. The van der Waals surface area contributed by atoms with Gasteiger partial charge in [0.1, 0.15) is 11.6 Å². The smallest absolute Gasteiger partial charge is 0.323 e. The molecule has 1 N–H and O–H groups in total. The molecule has 14 heteroatoms. The van der Waals surface area contributed by atoms with Crippen molar-refractivity contribution in [3.63, 3.8) is 0 Å². The lowest BCUT2D eigenvalue weighted by Gasteiger charge is -2.35. The molecule has 0 radical (unpaired) electrons. The van der Waals surface area contributed by atoms with E-state index >= 15 is 0 Å². The number of nitrogens with one attached hydrogen (secondary N) is 1. The molecular formula is C32H35ClN8O3S2. The lowest BCUT2D eigenvalue weighted by Crippen LogP contribution is -2.50. The number of hydrogen-bond acceptors (Lipinski definition) is 10. The Hall–Kier alpha value is -3.94. The molecule has 3 aliphatic rings. The zero-order valence-electron chi connectivity index (χ0n) is 25.3. The van der Waals surface area contributed by atoms with Crippen molar-refractivity contribution >= 4 is 61.5 Å². The van der Waals surface area contributed by atoms with Crippen LogP contribution < -0.4 is 20.0 Å². The van der Waals surface area contributed by atoms with E-state index in [-0.39, 0.29) is 20.8 Å². The molecule has 7 rings (SSSR count). The van der Waals surface area contributed by atoms with Crippen LogP contribution in [0.1, 0.15) is 25.7 Å². The lowest BCUT2D eigenvalue weighted by atomic mass is 10.2. The first-order chi connectivity index (χ1) is 22.3. The van der Waals surface area contributed by atoms with E-state index in [2.05, 4.69) is 31.1 Å². The van der Waals surface area contributed by atoms with Gasteiger partial charge in [-0.3, -0.25) is 5.32 Å². The molecule has 0 unspecified atom stereocenters. The van der Waals surface area contributed by atoms with Crippen LogP contribution in [0.2, 0.25) is 5.02 Å². The summed E-state index contributed by atoms with van der Waals surface area (Å²) in [6.07, 6.45) is 4.70. The van der Waals surface area contributed by atoms with Crippen molar-refractivity contribution in [1.29, 1.82) is 0 Å². The Morgan fingerprint density at radius 1 is 0.761 bits per heavy atom. The Balaban J connectivity index is 1.00. The fourth-order valence-electron chi connectivity index (χ4n) is 6.12. The monoisotopic (exact) mass is 678 g/mol. The number of carbonyl (C=O) groups is 1. The highest BCUT2D eigenvalue weighted by Crippen LogP contribution is 2.32. The third-order valence-electron chi connectivity index (χ3n) is 8.68. The Bertz CT molecular complexity index is 1800. The van der Waals surface area contributed by atoms with Crippen LogP contribution in [-0.2, 0) is 9.84 Å². The first-order valence-electron chi connectivity index (χ1n) is 15.6. The first kappa shape index (κ1) is 30.7. The summed E-state index contributed by atoms with van der Waals surface area (Å²) in [6, 6.07) is 14.9. The number of sulfone groups is 1. The molecule has 0 aliphatic carbocycles. The Labute approximate surface area is 277 Å². The molecule has 2 aromatic heterocycles. The summed E-state index contributed by atoms with van der Waals surface area (Å²) in [6.45, 7) is 6.45. The van der Waals surface area contributed by atoms with Crippen LogP contribution >= 0.6 is 22.9 Å². The summed E-state index contributed by atoms with van der Waals surface area (Å²) >= 11 is 7.48. The van der Waals surface area contributed by atoms with E-state index in [1.54, 1.807) is 52.7 Å². The van der Waals surface area contributed by atoms with E-state index in [0.29, 0.717) is 42.6 Å². The number of benzene rings is 2. The van der Waals surface area contributed by atoms with Gasteiger partial charge in [-0.25, -0.2) is 18.2 Å². The van der Waals surface area contributed by atoms with Gasteiger partial charge in [-0.2, -0.15) is 9.97 Å². The molecule has 4 aromatic rings. The second-order valence-corrected chi connectivity index (χ2v) is 14.9. The van der Waals surface area contributed by atoms with E-state index < -0.39 is 9.84 Å². The van der Waals surface area contributed by atoms with Gasteiger partial charge in [0.2, 0.25) is 15.8 Å². The Morgan fingerprint density at radius 2 is 1.41 bits per heavy atom. The number of aromatic nitrogens is 3. The fourth-order valence-corrected chi connectivity index (χ4v) is 8.65. The van der Waals surface area contributed by atoms with Crippen molar-refractivity contribution in [2.45, 2.75) is 35.5 Å². The number of thiazole rings is 1. The molecule has 2 aromatic carbocycles. The number of nitrogens with zero attached hydrogens (tertiary/aromatic N) is 7. The average Bonchev–Trinajstić information content (AvgIpc) is 3.89.